The maximum atomic E-state index is 12.4. The highest BCUT2D eigenvalue weighted by Gasteiger charge is 2.15. The first-order valence-electron chi connectivity index (χ1n) is 8.40. The summed E-state index contributed by atoms with van der Waals surface area (Å²) in [7, 11) is 1.54. The van der Waals surface area contributed by atoms with Crippen molar-refractivity contribution in [3.8, 4) is 29.1 Å². The molecule has 0 N–H and O–H groups in total. The molecule has 0 aliphatic heterocycles. The fourth-order valence-electron chi connectivity index (χ4n) is 2.31. The Labute approximate surface area is 162 Å². The van der Waals surface area contributed by atoms with Gasteiger partial charge in [0.25, 0.3) is 0 Å². The second kappa shape index (κ2) is 9.06. The van der Waals surface area contributed by atoms with Crippen LogP contribution in [0.4, 0.5) is 4.79 Å². The third-order valence-corrected chi connectivity index (χ3v) is 3.68. The Kier molecular flexibility index (Phi) is 6.06. The first-order valence-corrected chi connectivity index (χ1v) is 8.40. The molecule has 0 fully saturated rings. The molecule has 0 unspecified atom stereocenters. The average Bonchev–Trinajstić information content (AvgIpc) is 2.73. The molecule has 0 amide bonds. The zero-order valence-electron chi connectivity index (χ0n) is 15.0. The van der Waals surface area contributed by atoms with E-state index in [-0.39, 0.29) is 11.3 Å². The fraction of sp³-hybridized carbons (Fsp3) is 0.0435. The number of hydrogen-bond acceptors (Lipinski definition) is 5. The van der Waals surface area contributed by atoms with E-state index in [1.807, 2.05) is 18.2 Å². The van der Waals surface area contributed by atoms with Crippen molar-refractivity contribution < 1.29 is 23.8 Å². The number of para-hydroxylation sites is 1. The summed E-state index contributed by atoms with van der Waals surface area (Å²) in [6, 6.07) is 21.9. The van der Waals surface area contributed by atoms with Crippen LogP contribution in [0.5, 0.6) is 17.2 Å². The van der Waals surface area contributed by atoms with E-state index >= 15 is 0 Å². The molecule has 28 heavy (non-hydrogen) atoms. The number of ketones is 1. The van der Waals surface area contributed by atoms with Gasteiger partial charge in [0.1, 0.15) is 17.2 Å². The van der Waals surface area contributed by atoms with Crippen LogP contribution in [0, 0.1) is 11.8 Å². The minimum atomic E-state index is -0.957. The Morgan fingerprint density at radius 3 is 2.11 bits per heavy atom. The molecule has 0 aliphatic carbocycles. The van der Waals surface area contributed by atoms with Gasteiger partial charge in [-0.2, -0.15) is 0 Å². The number of methoxy groups -OCH3 is 1. The van der Waals surface area contributed by atoms with Gasteiger partial charge in [0.2, 0.25) is 5.78 Å². The minimum absolute atomic E-state index is 0.0772. The third-order valence-electron chi connectivity index (χ3n) is 3.68. The van der Waals surface area contributed by atoms with Crippen LogP contribution in [0.2, 0.25) is 0 Å². The van der Waals surface area contributed by atoms with Crippen LogP contribution in [-0.2, 0) is 0 Å². The first kappa shape index (κ1) is 18.7. The molecular weight excluding hydrogens is 356 g/mol. The van der Waals surface area contributed by atoms with E-state index in [9.17, 15) is 9.59 Å². The minimum Gasteiger partial charge on any atom is -0.497 e. The Balaban J connectivity index is 1.71. The molecule has 138 valence electrons. The molecule has 0 saturated heterocycles. The van der Waals surface area contributed by atoms with E-state index in [0.717, 1.165) is 0 Å². The number of ether oxygens (including phenoxy) is 3. The highest BCUT2D eigenvalue weighted by molar-refractivity contribution is 6.11. The Bertz CT molecular complexity index is 1030. The van der Waals surface area contributed by atoms with E-state index in [1.165, 1.54) is 12.1 Å². The maximum Gasteiger partial charge on any atom is 0.519 e. The van der Waals surface area contributed by atoms with Gasteiger partial charge in [-0.25, -0.2) is 4.79 Å². The predicted octanol–water partition coefficient (Wildman–Crippen LogP) is 4.51. The summed E-state index contributed by atoms with van der Waals surface area (Å²) in [6.07, 6.45) is -0.957. The number of benzene rings is 3. The van der Waals surface area contributed by atoms with Crippen molar-refractivity contribution in [2.75, 3.05) is 7.11 Å². The molecule has 0 atom stereocenters. The summed E-state index contributed by atoms with van der Waals surface area (Å²) < 4.78 is 15.4. The van der Waals surface area contributed by atoms with E-state index < -0.39 is 11.9 Å². The molecule has 5 heteroatoms. The molecule has 5 nitrogen and oxygen atoms in total. The topological polar surface area (TPSA) is 61.8 Å². The summed E-state index contributed by atoms with van der Waals surface area (Å²) in [5.41, 5.74) is 0.894. The lowest BCUT2D eigenvalue weighted by atomic mass is 10.1. The predicted molar refractivity (Wildman–Crippen MR) is 104 cm³/mol. The van der Waals surface area contributed by atoms with Crippen molar-refractivity contribution in [3.05, 3.63) is 90.0 Å². The summed E-state index contributed by atoms with van der Waals surface area (Å²) in [6.45, 7) is 0. The quantitative estimate of drug-likeness (QED) is 0.292. The van der Waals surface area contributed by atoms with Crippen molar-refractivity contribution in [1.82, 2.24) is 0 Å². The van der Waals surface area contributed by atoms with Crippen molar-refractivity contribution in [3.63, 3.8) is 0 Å². The molecule has 0 radical (unpaired) electrons. The van der Waals surface area contributed by atoms with Gasteiger partial charge < -0.3 is 14.2 Å². The van der Waals surface area contributed by atoms with Gasteiger partial charge in [0, 0.05) is 5.56 Å². The molecule has 3 aromatic rings. The van der Waals surface area contributed by atoms with E-state index in [2.05, 4.69) is 11.8 Å². The largest absolute Gasteiger partial charge is 0.519 e. The second-order valence-corrected chi connectivity index (χ2v) is 5.57. The zero-order valence-corrected chi connectivity index (χ0v) is 15.0. The number of carbonyl (C=O) groups excluding carboxylic acids is 2. The Morgan fingerprint density at radius 1 is 0.750 bits per heavy atom. The number of rotatable bonds is 4. The normalized spacial score (nSPS) is 9.61. The summed E-state index contributed by atoms with van der Waals surface area (Å²) in [5.74, 6) is 5.89. The van der Waals surface area contributed by atoms with Crippen LogP contribution < -0.4 is 14.2 Å². The highest BCUT2D eigenvalue weighted by Crippen LogP contribution is 2.21. The van der Waals surface area contributed by atoms with Crippen molar-refractivity contribution >= 4 is 11.9 Å². The second-order valence-electron chi connectivity index (χ2n) is 5.57. The Morgan fingerprint density at radius 2 is 1.39 bits per heavy atom. The van der Waals surface area contributed by atoms with E-state index in [4.69, 9.17) is 14.2 Å². The third kappa shape index (κ3) is 4.99. The lowest BCUT2D eigenvalue weighted by molar-refractivity contribution is 0.105. The lowest BCUT2D eigenvalue weighted by Crippen LogP contribution is -2.15. The molecule has 0 spiro atoms. The van der Waals surface area contributed by atoms with Crippen LogP contribution in [0.25, 0.3) is 0 Å². The standard InChI is InChI=1S/C23H16O5/c1-26-18-12-14-19(15-13-18)27-23(25)28-22-10-6-5-9-20(22)21(24)16-11-17-7-3-2-4-8-17/h2-10,12-15H,1H3. The molecule has 3 rings (SSSR count). The van der Waals surface area contributed by atoms with Crippen molar-refractivity contribution in [2.24, 2.45) is 0 Å². The molecular formula is C23H16O5. The summed E-state index contributed by atoms with van der Waals surface area (Å²) in [4.78, 5) is 24.5. The molecule has 0 heterocycles. The fourth-order valence-corrected chi connectivity index (χ4v) is 2.31. The van der Waals surface area contributed by atoms with Crippen LogP contribution in [-0.4, -0.2) is 19.0 Å². The zero-order chi connectivity index (χ0) is 19.8. The molecule has 0 bridgehead atoms. The lowest BCUT2D eigenvalue weighted by Gasteiger charge is -2.08. The van der Waals surface area contributed by atoms with Crippen molar-refractivity contribution in [2.45, 2.75) is 0 Å². The van der Waals surface area contributed by atoms with Gasteiger partial charge in [-0.3, -0.25) is 4.79 Å². The van der Waals surface area contributed by atoms with Crippen molar-refractivity contribution in [1.29, 1.82) is 0 Å². The summed E-state index contributed by atoms with van der Waals surface area (Å²) in [5, 5.41) is 0. The van der Waals surface area contributed by atoms with Crippen LogP contribution in [0.15, 0.2) is 78.9 Å². The number of hydrogen-bond donors (Lipinski definition) is 0. The van der Waals surface area contributed by atoms with E-state index in [0.29, 0.717) is 17.1 Å². The molecule has 0 aromatic heterocycles. The number of carbonyl (C=O) groups is 2. The van der Waals surface area contributed by atoms with Crippen LogP contribution in [0.3, 0.4) is 0 Å². The summed E-state index contributed by atoms with van der Waals surface area (Å²) >= 11 is 0. The SMILES string of the molecule is COc1ccc(OC(=O)Oc2ccccc2C(=O)C#Cc2ccccc2)cc1. The highest BCUT2D eigenvalue weighted by atomic mass is 16.7. The van der Waals surface area contributed by atoms with Crippen LogP contribution in [0.1, 0.15) is 15.9 Å². The van der Waals surface area contributed by atoms with Gasteiger partial charge in [0.05, 0.1) is 12.7 Å². The average molecular weight is 372 g/mol. The smallest absolute Gasteiger partial charge is 0.497 e. The van der Waals surface area contributed by atoms with Gasteiger partial charge in [0.15, 0.2) is 0 Å². The Hall–Kier alpha value is -4.04. The van der Waals surface area contributed by atoms with Gasteiger partial charge in [-0.1, -0.05) is 36.3 Å². The van der Waals surface area contributed by atoms with E-state index in [1.54, 1.807) is 55.6 Å². The van der Waals surface area contributed by atoms with Gasteiger partial charge in [-0.05, 0) is 54.5 Å². The maximum absolute atomic E-state index is 12.4. The van der Waals surface area contributed by atoms with Gasteiger partial charge >= 0.3 is 6.16 Å². The molecule has 0 aliphatic rings. The molecule has 0 saturated carbocycles. The number of Topliss-reactive ketones (excluding diaryl/α,β-unsaturated/α-hetero) is 1. The monoisotopic (exact) mass is 372 g/mol. The molecule has 3 aromatic carbocycles. The van der Waals surface area contributed by atoms with Gasteiger partial charge in [-0.15, -0.1) is 0 Å². The first-order chi connectivity index (χ1) is 13.7. The van der Waals surface area contributed by atoms with Crippen LogP contribution >= 0.6 is 0 Å².